The standard InChI is InChI=1S/C12H15NO2/c1-8-10-5-4-9(12(2,3)7-14)6-11(10)15-13-8/h4-6,14H,7H2,1-3H3. The lowest BCUT2D eigenvalue weighted by atomic mass is 9.85. The van der Waals surface area contributed by atoms with Crippen molar-refractivity contribution in [1.82, 2.24) is 5.16 Å². The quantitative estimate of drug-likeness (QED) is 0.818. The summed E-state index contributed by atoms with van der Waals surface area (Å²) in [6, 6.07) is 5.96. The molecule has 0 amide bonds. The minimum Gasteiger partial charge on any atom is -0.395 e. The number of hydrogen-bond donors (Lipinski definition) is 1. The van der Waals surface area contributed by atoms with Crippen LogP contribution in [0.1, 0.15) is 25.1 Å². The molecule has 0 atom stereocenters. The zero-order chi connectivity index (χ0) is 11.1. The van der Waals surface area contributed by atoms with Gasteiger partial charge in [0.15, 0.2) is 5.58 Å². The van der Waals surface area contributed by atoms with E-state index in [2.05, 4.69) is 5.16 Å². The third-order valence-corrected chi connectivity index (χ3v) is 2.83. The molecule has 2 aromatic rings. The predicted molar refractivity (Wildman–Crippen MR) is 58.9 cm³/mol. The summed E-state index contributed by atoms with van der Waals surface area (Å²) in [5.74, 6) is 0. The molecule has 0 radical (unpaired) electrons. The molecule has 0 aliphatic carbocycles. The number of hydrogen-bond acceptors (Lipinski definition) is 3. The van der Waals surface area contributed by atoms with Crippen LogP contribution in [0.5, 0.6) is 0 Å². The Morgan fingerprint density at radius 1 is 1.40 bits per heavy atom. The fourth-order valence-corrected chi connectivity index (χ4v) is 1.58. The highest BCUT2D eigenvalue weighted by molar-refractivity contribution is 5.80. The van der Waals surface area contributed by atoms with E-state index in [4.69, 9.17) is 4.52 Å². The maximum Gasteiger partial charge on any atom is 0.167 e. The number of aliphatic hydroxyl groups is 1. The van der Waals surface area contributed by atoms with Crippen molar-refractivity contribution in [3.63, 3.8) is 0 Å². The van der Waals surface area contributed by atoms with Crippen molar-refractivity contribution >= 4 is 11.0 Å². The van der Waals surface area contributed by atoms with Crippen LogP contribution in [0, 0.1) is 6.92 Å². The highest BCUT2D eigenvalue weighted by Crippen LogP contribution is 2.27. The van der Waals surface area contributed by atoms with Gasteiger partial charge < -0.3 is 9.63 Å². The van der Waals surface area contributed by atoms with E-state index in [0.717, 1.165) is 22.2 Å². The molecule has 3 heteroatoms. The first kappa shape index (κ1) is 10.2. The Balaban J connectivity index is 2.57. The first-order chi connectivity index (χ1) is 7.04. The fourth-order valence-electron chi connectivity index (χ4n) is 1.58. The molecule has 0 fully saturated rings. The van der Waals surface area contributed by atoms with Crippen molar-refractivity contribution in [3.8, 4) is 0 Å². The van der Waals surface area contributed by atoms with Crippen molar-refractivity contribution in [3.05, 3.63) is 29.5 Å². The Morgan fingerprint density at radius 2 is 2.13 bits per heavy atom. The number of aliphatic hydroxyl groups excluding tert-OH is 1. The molecule has 0 saturated heterocycles. The second kappa shape index (κ2) is 3.35. The largest absolute Gasteiger partial charge is 0.395 e. The Morgan fingerprint density at radius 3 is 2.80 bits per heavy atom. The molecule has 2 rings (SSSR count). The second-order valence-corrected chi connectivity index (χ2v) is 4.52. The van der Waals surface area contributed by atoms with Gasteiger partial charge in [-0.2, -0.15) is 0 Å². The van der Waals surface area contributed by atoms with Crippen LogP contribution in [0.4, 0.5) is 0 Å². The molecule has 0 bridgehead atoms. The predicted octanol–water partition coefficient (Wildman–Crippen LogP) is 2.41. The maximum absolute atomic E-state index is 9.28. The smallest absolute Gasteiger partial charge is 0.167 e. The molecule has 0 saturated carbocycles. The van der Waals surface area contributed by atoms with Gasteiger partial charge >= 0.3 is 0 Å². The van der Waals surface area contributed by atoms with Crippen molar-refractivity contribution < 1.29 is 9.63 Å². The number of aryl methyl sites for hydroxylation is 1. The van der Waals surface area contributed by atoms with Crippen molar-refractivity contribution in [1.29, 1.82) is 0 Å². The number of rotatable bonds is 2. The lowest BCUT2D eigenvalue weighted by Crippen LogP contribution is -2.21. The first-order valence-electron chi connectivity index (χ1n) is 5.02. The lowest BCUT2D eigenvalue weighted by Gasteiger charge is -2.21. The Bertz CT molecular complexity index is 485. The van der Waals surface area contributed by atoms with Gasteiger partial charge in [-0.15, -0.1) is 0 Å². The van der Waals surface area contributed by atoms with Gasteiger partial charge in [0.25, 0.3) is 0 Å². The zero-order valence-electron chi connectivity index (χ0n) is 9.24. The molecular formula is C12H15NO2. The van der Waals surface area contributed by atoms with E-state index in [9.17, 15) is 5.11 Å². The summed E-state index contributed by atoms with van der Waals surface area (Å²) in [6.07, 6.45) is 0. The van der Waals surface area contributed by atoms with Crippen molar-refractivity contribution in [2.45, 2.75) is 26.2 Å². The number of benzene rings is 1. The Kier molecular flexibility index (Phi) is 2.27. The highest BCUT2D eigenvalue weighted by Gasteiger charge is 2.20. The molecule has 1 heterocycles. The molecule has 1 N–H and O–H groups in total. The van der Waals surface area contributed by atoms with Crippen LogP contribution >= 0.6 is 0 Å². The van der Waals surface area contributed by atoms with E-state index in [0.29, 0.717) is 0 Å². The molecule has 0 aliphatic heterocycles. The van der Waals surface area contributed by atoms with Crippen LogP contribution in [-0.2, 0) is 5.41 Å². The molecule has 3 nitrogen and oxygen atoms in total. The Hall–Kier alpha value is -1.35. The molecular weight excluding hydrogens is 190 g/mol. The summed E-state index contributed by atoms with van der Waals surface area (Å²) in [5, 5.41) is 14.2. The van der Waals surface area contributed by atoms with Crippen LogP contribution in [0.25, 0.3) is 11.0 Å². The average Bonchev–Trinajstić information content (AvgIpc) is 2.60. The first-order valence-corrected chi connectivity index (χ1v) is 5.02. The summed E-state index contributed by atoms with van der Waals surface area (Å²) in [4.78, 5) is 0. The normalized spacial score (nSPS) is 12.3. The monoisotopic (exact) mass is 205 g/mol. The number of nitrogens with zero attached hydrogens (tertiary/aromatic N) is 1. The van der Waals surface area contributed by atoms with Crippen LogP contribution in [0.3, 0.4) is 0 Å². The summed E-state index contributed by atoms with van der Waals surface area (Å²) in [5.41, 5.74) is 2.51. The van der Waals surface area contributed by atoms with Crippen LogP contribution in [0.2, 0.25) is 0 Å². The fraction of sp³-hybridized carbons (Fsp3) is 0.417. The van der Waals surface area contributed by atoms with Crippen LogP contribution < -0.4 is 0 Å². The average molecular weight is 205 g/mol. The minimum atomic E-state index is -0.241. The van der Waals surface area contributed by atoms with Crippen LogP contribution in [-0.4, -0.2) is 16.9 Å². The van der Waals surface area contributed by atoms with Gasteiger partial charge in [-0.25, -0.2) is 0 Å². The van der Waals surface area contributed by atoms with Gasteiger partial charge in [0.05, 0.1) is 12.3 Å². The zero-order valence-corrected chi connectivity index (χ0v) is 9.24. The SMILES string of the molecule is Cc1noc2cc(C(C)(C)CO)ccc12. The third-order valence-electron chi connectivity index (χ3n) is 2.83. The van der Waals surface area contributed by atoms with E-state index < -0.39 is 0 Å². The summed E-state index contributed by atoms with van der Waals surface area (Å²) in [7, 11) is 0. The molecule has 1 aromatic carbocycles. The van der Waals surface area contributed by atoms with Gasteiger partial charge in [0.1, 0.15) is 0 Å². The minimum absolute atomic E-state index is 0.117. The molecule has 0 unspecified atom stereocenters. The number of aromatic nitrogens is 1. The molecule has 1 aromatic heterocycles. The van der Waals surface area contributed by atoms with Crippen molar-refractivity contribution in [2.24, 2.45) is 0 Å². The second-order valence-electron chi connectivity index (χ2n) is 4.52. The van der Waals surface area contributed by atoms with Crippen LogP contribution in [0.15, 0.2) is 22.7 Å². The van der Waals surface area contributed by atoms with E-state index in [1.165, 1.54) is 0 Å². The molecule has 0 aliphatic rings. The summed E-state index contributed by atoms with van der Waals surface area (Å²) < 4.78 is 5.20. The van der Waals surface area contributed by atoms with Crippen molar-refractivity contribution in [2.75, 3.05) is 6.61 Å². The number of fused-ring (bicyclic) bond motifs is 1. The highest BCUT2D eigenvalue weighted by atomic mass is 16.5. The van der Waals surface area contributed by atoms with Gasteiger partial charge in [-0.05, 0) is 24.6 Å². The van der Waals surface area contributed by atoms with Gasteiger partial charge in [-0.1, -0.05) is 25.1 Å². The maximum atomic E-state index is 9.28. The third kappa shape index (κ3) is 1.63. The van der Waals surface area contributed by atoms with E-state index in [-0.39, 0.29) is 12.0 Å². The van der Waals surface area contributed by atoms with E-state index >= 15 is 0 Å². The molecule has 0 spiro atoms. The van der Waals surface area contributed by atoms with E-state index in [1.807, 2.05) is 39.0 Å². The van der Waals surface area contributed by atoms with Gasteiger partial charge in [0.2, 0.25) is 0 Å². The Labute approximate surface area is 88.7 Å². The molecule has 15 heavy (non-hydrogen) atoms. The summed E-state index contributed by atoms with van der Waals surface area (Å²) >= 11 is 0. The van der Waals surface area contributed by atoms with Gasteiger partial charge in [0, 0.05) is 10.8 Å². The topological polar surface area (TPSA) is 46.3 Å². The lowest BCUT2D eigenvalue weighted by molar-refractivity contribution is 0.218. The van der Waals surface area contributed by atoms with E-state index in [1.54, 1.807) is 0 Å². The molecule has 80 valence electrons. The van der Waals surface area contributed by atoms with Gasteiger partial charge in [-0.3, -0.25) is 0 Å². The summed E-state index contributed by atoms with van der Waals surface area (Å²) in [6.45, 7) is 6.03.